The van der Waals surface area contributed by atoms with Crippen molar-refractivity contribution in [2.24, 2.45) is 5.41 Å². The molecule has 2 aliphatic rings. The van der Waals surface area contributed by atoms with Gasteiger partial charge in [-0.3, -0.25) is 4.90 Å². The van der Waals surface area contributed by atoms with Gasteiger partial charge in [-0.1, -0.05) is 22.6 Å². The maximum absolute atomic E-state index is 2.65. The molecule has 88 valence electrons. The summed E-state index contributed by atoms with van der Waals surface area (Å²) in [5.74, 6) is 0. The van der Waals surface area contributed by atoms with Gasteiger partial charge >= 0.3 is 0 Å². The lowest BCUT2D eigenvalue weighted by molar-refractivity contribution is 0.216. The molecule has 3 heteroatoms. The van der Waals surface area contributed by atoms with Crippen LogP contribution in [0.1, 0.15) is 33.6 Å². The van der Waals surface area contributed by atoms with Gasteiger partial charge in [0.1, 0.15) is 0 Å². The summed E-state index contributed by atoms with van der Waals surface area (Å²) in [6.45, 7) is 12.3. The quantitative estimate of drug-likeness (QED) is 0.438. The van der Waals surface area contributed by atoms with Gasteiger partial charge in [0.15, 0.2) is 0 Å². The van der Waals surface area contributed by atoms with Crippen LogP contribution in [0.3, 0.4) is 0 Å². The van der Waals surface area contributed by atoms with Crippen molar-refractivity contribution in [3.8, 4) is 0 Å². The zero-order chi connectivity index (χ0) is 11.1. The lowest BCUT2D eigenvalue weighted by Gasteiger charge is -2.27. The average Bonchev–Trinajstić information content (AvgIpc) is 2.74. The molecule has 0 amide bonds. The second-order valence-electron chi connectivity index (χ2n) is 5.61. The van der Waals surface area contributed by atoms with Gasteiger partial charge in [-0.15, -0.1) is 0 Å². The molecule has 0 aromatic heterocycles. The Morgan fingerprint density at radius 1 is 1.00 bits per heavy atom. The van der Waals surface area contributed by atoms with Crippen molar-refractivity contribution in [2.45, 2.75) is 43.7 Å². The van der Waals surface area contributed by atoms with Crippen molar-refractivity contribution < 1.29 is 0 Å². The third-order valence-corrected chi connectivity index (χ3v) is 4.96. The first-order valence-electron chi connectivity index (χ1n) is 6.15. The van der Waals surface area contributed by atoms with E-state index in [9.17, 15) is 0 Å². The van der Waals surface area contributed by atoms with Crippen LogP contribution in [0.15, 0.2) is 0 Å². The van der Waals surface area contributed by atoms with Gasteiger partial charge in [-0.05, 0) is 52.1 Å². The van der Waals surface area contributed by atoms with Gasteiger partial charge in [-0.25, -0.2) is 0 Å². The molecule has 2 rings (SSSR count). The van der Waals surface area contributed by atoms with Crippen molar-refractivity contribution in [2.75, 3.05) is 26.2 Å². The number of likely N-dealkylation sites (tertiary alicyclic amines) is 2. The first-order chi connectivity index (χ1) is 7.02. The summed E-state index contributed by atoms with van der Waals surface area (Å²) in [7, 11) is 0. The maximum atomic E-state index is 2.65. The zero-order valence-electron chi connectivity index (χ0n) is 10.2. The van der Waals surface area contributed by atoms with E-state index in [1.54, 1.807) is 0 Å². The number of halogens is 1. The Morgan fingerprint density at radius 3 is 1.93 bits per heavy atom. The second-order valence-corrected chi connectivity index (χ2v) is 7.41. The fourth-order valence-electron chi connectivity index (χ4n) is 3.02. The van der Waals surface area contributed by atoms with Crippen LogP contribution in [0.4, 0.5) is 0 Å². The Labute approximate surface area is 108 Å². The third-order valence-electron chi connectivity index (χ3n) is 4.17. The smallest absolute Gasteiger partial charge is 0.0590 e. The van der Waals surface area contributed by atoms with Crippen molar-refractivity contribution >= 4 is 22.6 Å². The normalized spacial score (nSPS) is 35.8. The molecule has 1 spiro atoms. The van der Waals surface area contributed by atoms with Crippen LogP contribution in [0.2, 0.25) is 0 Å². The van der Waals surface area contributed by atoms with E-state index in [0.717, 1.165) is 6.04 Å². The molecule has 2 unspecified atom stereocenters. The molecular formula is C12H23IN2. The summed E-state index contributed by atoms with van der Waals surface area (Å²) in [6, 6.07) is 0.732. The van der Waals surface area contributed by atoms with Gasteiger partial charge in [0.25, 0.3) is 0 Å². The molecule has 2 aliphatic heterocycles. The fourth-order valence-corrected chi connectivity index (χ4v) is 3.49. The minimum atomic E-state index is 0.643. The topological polar surface area (TPSA) is 6.48 Å². The highest BCUT2D eigenvalue weighted by Gasteiger charge is 2.44. The van der Waals surface area contributed by atoms with Crippen LogP contribution in [-0.2, 0) is 0 Å². The second kappa shape index (κ2) is 4.49. The minimum Gasteiger partial charge on any atom is -0.300 e. The number of hydrogen-bond donors (Lipinski definition) is 0. The summed E-state index contributed by atoms with van der Waals surface area (Å²) in [5.41, 5.74) is 0.643. The van der Waals surface area contributed by atoms with Gasteiger partial charge in [0, 0.05) is 19.1 Å². The summed E-state index contributed by atoms with van der Waals surface area (Å²) >= 11 is 2.55. The lowest BCUT2D eigenvalue weighted by atomic mass is 9.86. The van der Waals surface area contributed by atoms with Crippen LogP contribution in [0.5, 0.6) is 0 Å². The largest absolute Gasteiger partial charge is 0.300 e. The van der Waals surface area contributed by atoms with E-state index in [1.165, 1.54) is 39.0 Å². The average molecular weight is 322 g/mol. The molecule has 0 bridgehead atoms. The van der Waals surface area contributed by atoms with Crippen LogP contribution in [0, 0.1) is 5.41 Å². The van der Waals surface area contributed by atoms with Crippen LogP contribution >= 0.6 is 22.6 Å². The van der Waals surface area contributed by atoms with Gasteiger partial charge < -0.3 is 4.90 Å². The van der Waals surface area contributed by atoms with E-state index in [-0.39, 0.29) is 0 Å². The van der Waals surface area contributed by atoms with Gasteiger partial charge in [-0.2, -0.15) is 0 Å². The molecule has 0 aliphatic carbocycles. The summed E-state index contributed by atoms with van der Waals surface area (Å²) < 4.78 is 0.704. The van der Waals surface area contributed by atoms with Crippen molar-refractivity contribution in [1.82, 2.24) is 9.80 Å². The molecule has 0 N–H and O–H groups in total. The molecule has 2 fully saturated rings. The van der Waals surface area contributed by atoms with Crippen molar-refractivity contribution in [3.05, 3.63) is 0 Å². The molecule has 15 heavy (non-hydrogen) atoms. The molecule has 2 heterocycles. The molecule has 2 atom stereocenters. The predicted molar refractivity (Wildman–Crippen MR) is 73.4 cm³/mol. The molecule has 0 radical (unpaired) electrons. The number of hydrogen-bond acceptors (Lipinski definition) is 2. The minimum absolute atomic E-state index is 0.643. The van der Waals surface area contributed by atoms with Crippen LogP contribution in [0.25, 0.3) is 0 Å². The highest BCUT2D eigenvalue weighted by atomic mass is 127. The van der Waals surface area contributed by atoms with Crippen LogP contribution in [-0.4, -0.2) is 46.1 Å². The monoisotopic (exact) mass is 322 g/mol. The van der Waals surface area contributed by atoms with Crippen LogP contribution < -0.4 is 0 Å². The molecule has 0 aromatic carbocycles. The van der Waals surface area contributed by atoms with Crippen molar-refractivity contribution in [3.63, 3.8) is 0 Å². The molecule has 0 aromatic rings. The Morgan fingerprint density at radius 2 is 1.53 bits per heavy atom. The number of rotatable bonds is 2. The summed E-state index contributed by atoms with van der Waals surface area (Å²) in [4.78, 5) is 5.30. The Bertz CT molecular complexity index is 204. The van der Waals surface area contributed by atoms with E-state index in [0.29, 0.717) is 9.46 Å². The molecule has 2 saturated heterocycles. The molecule has 2 nitrogen and oxygen atoms in total. The fraction of sp³-hybridized carbons (Fsp3) is 1.00. The predicted octanol–water partition coefficient (Wildman–Crippen LogP) is 2.57. The highest BCUT2D eigenvalue weighted by Crippen LogP contribution is 2.41. The maximum Gasteiger partial charge on any atom is 0.0590 e. The first-order valence-corrected chi connectivity index (χ1v) is 7.39. The lowest BCUT2D eigenvalue weighted by Crippen LogP contribution is -2.35. The van der Waals surface area contributed by atoms with E-state index < -0.39 is 0 Å². The Hall–Kier alpha value is 0.650. The van der Waals surface area contributed by atoms with Crippen molar-refractivity contribution in [1.29, 1.82) is 0 Å². The Balaban J connectivity index is 1.95. The molecule has 0 saturated carbocycles. The number of nitrogens with zero attached hydrogens (tertiary/aromatic N) is 2. The summed E-state index contributed by atoms with van der Waals surface area (Å²) in [6.07, 6.45) is 2.84. The van der Waals surface area contributed by atoms with E-state index in [4.69, 9.17) is 0 Å². The van der Waals surface area contributed by atoms with E-state index >= 15 is 0 Å². The van der Waals surface area contributed by atoms with Gasteiger partial charge in [0.2, 0.25) is 0 Å². The number of alkyl halides is 1. The third kappa shape index (κ3) is 2.50. The highest BCUT2D eigenvalue weighted by molar-refractivity contribution is 14.1. The zero-order valence-corrected chi connectivity index (χ0v) is 12.3. The SMILES string of the molecule is CC(C)N1CCC2(CCN(C(C)I)C2)C1. The van der Waals surface area contributed by atoms with E-state index in [1.807, 2.05) is 0 Å². The summed E-state index contributed by atoms with van der Waals surface area (Å²) in [5, 5.41) is 0. The first kappa shape index (κ1) is 12.1. The van der Waals surface area contributed by atoms with Gasteiger partial charge in [0.05, 0.1) is 4.05 Å². The van der Waals surface area contributed by atoms with E-state index in [2.05, 4.69) is 53.2 Å². The Kier molecular flexibility index (Phi) is 3.63. The standard InChI is InChI=1S/C12H23IN2/c1-10(2)14-6-4-12(8-14)5-7-15(9-12)11(3)13/h10-11H,4-9H2,1-3H3. The molecular weight excluding hydrogens is 299 g/mol.